The standard InChI is InChI=1S/C16H20N2O5/c1-9-7-11(10(2)23-9)14(20)18-5-3-16(4-6-18)12(15(21)22)8-13(19)17-16/h7,12H,3-6,8H2,1-2H3,(H,17,19)(H,21,22)/t12-/m1/s1. The van der Waals surface area contributed by atoms with E-state index in [0.717, 1.165) is 0 Å². The van der Waals surface area contributed by atoms with E-state index >= 15 is 0 Å². The molecular formula is C16H20N2O5. The van der Waals surface area contributed by atoms with Gasteiger partial charge in [-0.2, -0.15) is 0 Å². The van der Waals surface area contributed by atoms with Crippen molar-refractivity contribution in [2.45, 2.75) is 38.6 Å². The van der Waals surface area contributed by atoms with E-state index in [2.05, 4.69) is 5.32 Å². The molecule has 124 valence electrons. The minimum Gasteiger partial charge on any atom is -0.481 e. The molecule has 23 heavy (non-hydrogen) atoms. The lowest BCUT2D eigenvalue weighted by Crippen LogP contribution is -2.56. The first-order valence-electron chi connectivity index (χ1n) is 7.72. The Morgan fingerprint density at radius 2 is 2.00 bits per heavy atom. The minimum atomic E-state index is -0.954. The molecule has 3 heterocycles. The van der Waals surface area contributed by atoms with Crippen molar-refractivity contribution in [3.05, 3.63) is 23.2 Å². The molecule has 7 nitrogen and oxygen atoms in total. The van der Waals surface area contributed by atoms with Crippen molar-refractivity contribution in [3.8, 4) is 0 Å². The molecule has 0 unspecified atom stereocenters. The average Bonchev–Trinajstić information content (AvgIpc) is 2.99. The molecule has 1 aromatic heterocycles. The van der Waals surface area contributed by atoms with Gasteiger partial charge in [0.1, 0.15) is 11.5 Å². The lowest BCUT2D eigenvalue weighted by atomic mass is 9.77. The molecule has 0 aliphatic carbocycles. The van der Waals surface area contributed by atoms with E-state index in [1.807, 2.05) is 0 Å². The van der Waals surface area contributed by atoms with E-state index < -0.39 is 17.4 Å². The van der Waals surface area contributed by atoms with Crippen LogP contribution in [0.1, 0.15) is 41.1 Å². The van der Waals surface area contributed by atoms with Gasteiger partial charge in [0.05, 0.1) is 17.0 Å². The number of carbonyl (C=O) groups is 3. The van der Waals surface area contributed by atoms with E-state index in [9.17, 15) is 19.5 Å². The fourth-order valence-corrected chi connectivity index (χ4v) is 3.72. The van der Waals surface area contributed by atoms with E-state index in [1.165, 1.54) is 0 Å². The van der Waals surface area contributed by atoms with Gasteiger partial charge in [-0.1, -0.05) is 0 Å². The number of nitrogens with one attached hydrogen (secondary N) is 1. The molecule has 0 saturated carbocycles. The second kappa shape index (κ2) is 5.40. The largest absolute Gasteiger partial charge is 0.481 e. The highest BCUT2D eigenvalue weighted by Crippen LogP contribution is 2.37. The predicted molar refractivity (Wildman–Crippen MR) is 79.9 cm³/mol. The molecule has 0 aromatic carbocycles. The van der Waals surface area contributed by atoms with Gasteiger partial charge in [0.15, 0.2) is 0 Å². The number of furan rings is 1. The Kier molecular flexibility index (Phi) is 3.66. The molecule has 2 amide bonds. The van der Waals surface area contributed by atoms with Gasteiger partial charge in [-0.3, -0.25) is 14.4 Å². The summed E-state index contributed by atoms with van der Waals surface area (Å²) in [4.78, 5) is 37.3. The number of carbonyl (C=O) groups excluding carboxylic acids is 2. The van der Waals surface area contributed by atoms with E-state index in [0.29, 0.717) is 43.0 Å². The lowest BCUT2D eigenvalue weighted by Gasteiger charge is -2.41. The van der Waals surface area contributed by atoms with Gasteiger partial charge in [0, 0.05) is 19.5 Å². The molecule has 2 saturated heterocycles. The number of nitrogens with zero attached hydrogens (tertiary/aromatic N) is 1. The molecule has 2 N–H and O–H groups in total. The fraction of sp³-hybridized carbons (Fsp3) is 0.562. The number of piperidine rings is 1. The Bertz CT molecular complexity index is 670. The molecule has 2 fully saturated rings. The third kappa shape index (κ3) is 2.60. The summed E-state index contributed by atoms with van der Waals surface area (Å²) in [5, 5.41) is 12.2. The van der Waals surface area contributed by atoms with Crippen LogP contribution in [0.5, 0.6) is 0 Å². The van der Waals surface area contributed by atoms with E-state index in [-0.39, 0.29) is 18.2 Å². The number of aliphatic carboxylic acids is 1. The SMILES string of the molecule is Cc1cc(C(=O)N2CCC3(CC2)NC(=O)C[C@@H]3C(=O)O)c(C)o1. The van der Waals surface area contributed by atoms with Gasteiger partial charge in [0.2, 0.25) is 5.91 Å². The Labute approximate surface area is 133 Å². The zero-order valence-corrected chi connectivity index (χ0v) is 13.2. The molecule has 3 rings (SSSR count). The number of likely N-dealkylation sites (tertiary alicyclic amines) is 1. The van der Waals surface area contributed by atoms with Gasteiger partial charge in [-0.15, -0.1) is 0 Å². The van der Waals surface area contributed by atoms with Crippen LogP contribution in [0.4, 0.5) is 0 Å². The maximum Gasteiger partial charge on any atom is 0.309 e. The fourth-order valence-electron chi connectivity index (χ4n) is 3.72. The quantitative estimate of drug-likeness (QED) is 0.850. The molecule has 1 atom stereocenters. The maximum absolute atomic E-state index is 12.6. The molecular weight excluding hydrogens is 300 g/mol. The number of rotatable bonds is 2. The predicted octanol–water partition coefficient (Wildman–Crippen LogP) is 1.09. The lowest BCUT2D eigenvalue weighted by molar-refractivity contribution is -0.144. The molecule has 2 aliphatic heterocycles. The van der Waals surface area contributed by atoms with E-state index in [1.54, 1.807) is 24.8 Å². The van der Waals surface area contributed by atoms with Gasteiger partial charge < -0.3 is 19.7 Å². The molecule has 1 spiro atoms. The summed E-state index contributed by atoms with van der Waals surface area (Å²) in [6.45, 7) is 4.39. The molecule has 7 heteroatoms. The molecule has 2 aliphatic rings. The second-order valence-corrected chi connectivity index (χ2v) is 6.42. The third-order valence-electron chi connectivity index (χ3n) is 4.96. The monoisotopic (exact) mass is 320 g/mol. The highest BCUT2D eigenvalue weighted by molar-refractivity contribution is 5.95. The number of hydrogen-bond donors (Lipinski definition) is 2. The number of amides is 2. The van der Waals surface area contributed by atoms with Crippen LogP contribution in [0.3, 0.4) is 0 Å². The number of carboxylic acids is 1. The Hall–Kier alpha value is -2.31. The Morgan fingerprint density at radius 3 is 2.52 bits per heavy atom. The van der Waals surface area contributed by atoms with Crippen LogP contribution in [0.25, 0.3) is 0 Å². The summed E-state index contributed by atoms with van der Waals surface area (Å²) >= 11 is 0. The van der Waals surface area contributed by atoms with Crippen LogP contribution >= 0.6 is 0 Å². The molecule has 0 bridgehead atoms. The first-order chi connectivity index (χ1) is 10.8. The van der Waals surface area contributed by atoms with Crippen LogP contribution < -0.4 is 5.32 Å². The summed E-state index contributed by atoms with van der Waals surface area (Å²) in [6.07, 6.45) is 0.929. The van der Waals surface area contributed by atoms with Crippen molar-refractivity contribution >= 4 is 17.8 Å². The van der Waals surface area contributed by atoms with Gasteiger partial charge in [-0.05, 0) is 32.8 Å². The molecule has 1 aromatic rings. The van der Waals surface area contributed by atoms with Gasteiger partial charge >= 0.3 is 5.97 Å². The summed E-state index contributed by atoms with van der Waals surface area (Å²) in [7, 11) is 0. The van der Waals surface area contributed by atoms with Crippen molar-refractivity contribution < 1.29 is 23.9 Å². The van der Waals surface area contributed by atoms with Crippen molar-refractivity contribution in [2.75, 3.05) is 13.1 Å². The first-order valence-corrected chi connectivity index (χ1v) is 7.72. The topological polar surface area (TPSA) is 99.9 Å². The summed E-state index contributed by atoms with van der Waals surface area (Å²) in [6, 6.07) is 1.72. The highest BCUT2D eigenvalue weighted by Gasteiger charge is 2.52. The number of aryl methyl sites for hydroxylation is 2. The maximum atomic E-state index is 12.6. The van der Waals surface area contributed by atoms with Crippen molar-refractivity contribution in [1.82, 2.24) is 10.2 Å². The normalized spacial score (nSPS) is 23.1. The van der Waals surface area contributed by atoms with E-state index in [4.69, 9.17) is 4.42 Å². The number of carboxylic acid groups (broad SMARTS) is 1. The summed E-state index contributed by atoms with van der Waals surface area (Å²) in [5.74, 6) is -0.725. The van der Waals surface area contributed by atoms with Gasteiger partial charge in [0.25, 0.3) is 5.91 Å². The Balaban J connectivity index is 1.73. The molecule has 0 radical (unpaired) electrons. The van der Waals surface area contributed by atoms with Crippen molar-refractivity contribution in [2.24, 2.45) is 5.92 Å². The van der Waals surface area contributed by atoms with Crippen LogP contribution in [-0.2, 0) is 9.59 Å². The number of hydrogen-bond acceptors (Lipinski definition) is 4. The van der Waals surface area contributed by atoms with Crippen LogP contribution in [-0.4, -0.2) is 46.4 Å². The summed E-state index contributed by atoms with van der Waals surface area (Å²) < 4.78 is 5.40. The third-order valence-corrected chi connectivity index (χ3v) is 4.96. The Morgan fingerprint density at radius 1 is 1.35 bits per heavy atom. The van der Waals surface area contributed by atoms with Crippen LogP contribution in [0.15, 0.2) is 10.5 Å². The average molecular weight is 320 g/mol. The zero-order valence-electron chi connectivity index (χ0n) is 13.2. The van der Waals surface area contributed by atoms with Crippen molar-refractivity contribution in [1.29, 1.82) is 0 Å². The first kappa shape index (κ1) is 15.6. The van der Waals surface area contributed by atoms with Gasteiger partial charge in [-0.25, -0.2) is 0 Å². The zero-order chi connectivity index (χ0) is 16.8. The summed E-state index contributed by atoms with van der Waals surface area (Å²) in [5.41, 5.74) is -0.176. The smallest absolute Gasteiger partial charge is 0.309 e. The van der Waals surface area contributed by atoms with Crippen molar-refractivity contribution in [3.63, 3.8) is 0 Å². The second-order valence-electron chi connectivity index (χ2n) is 6.42. The highest BCUT2D eigenvalue weighted by atomic mass is 16.4. The van der Waals surface area contributed by atoms with Crippen LogP contribution in [0.2, 0.25) is 0 Å². The van der Waals surface area contributed by atoms with Crippen LogP contribution in [0, 0.1) is 19.8 Å². The minimum absolute atomic E-state index is 0.0172.